The Morgan fingerprint density at radius 3 is 2.57 bits per heavy atom. The second kappa shape index (κ2) is 4.62. The van der Waals surface area contributed by atoms with E-state index in [-0.39, 0.29) is 11.5 Å². The fourth-order valence-electron chi connectivity index (χ4n) is 8.59. The maximum absolute atomic E-state index is 12.5. The highest BCUT2D eigenvalue weighted by Gasteiger charge is 2.76. The molecule has 0 aromatic carbocycles. The molecule has 5 rings (SSSR count). The SMILES string of the molecule is CC(=O)[C@@]12CC1C[C@H]1[C@@H]3CC[C@H]4C[C@@H](O)CC[C@@H]4[C@H]3CC[C@@]12C. The first-order chi connectivity index (χ1) is 11.0. The lowest BCUT2D eigenvalue weighted by Crippen LogP contribution is -2.51. The zero-order valence-corrected chi connectivity index (χ0v) is 14.8. The van der Waals surface area contributed by atoms with Gasteiger partial charge in [0.05, 0.1) is 6.10 Å². The summed E-state index contributed by atoms with van der Waals surface area (Å²) in [7, 11) is 0. The van der Waals surface area contributed by atoms with Crippen LogP contribution in [-0.4, -0.2) is 17.0 Å². The minimum atomic E-state index is -0.0261. The second-order valence-electron chi connectivity index (χ2n) is 10.0. The summed E-state index contributed by atoms with van der Waals surface area (Å²) in [5, 5.41) is 10.0. The second-order valence-corrected chi connectivity index (χ2v) is 10.0. The maximum atomic E-state index is 12.5. The van der Waals surface area contributed by atoms with E-state index in [0.717, 1.165) is 48.3 Å². The van der Waals surface area contributed by atoms with E-state index in [0.29, 0.717) is 11.2 Å². The predicted octanol–water partition coefficient (Wildman–Crippen LogP) is 4.21. The Kier molecular flexibility index (Phi) is 3.00. The van der Waals surface area contributed by atoms with Crippen LogP contribution >= 0.6 is 0 Å². The van der Waals surface area contributed by atoms with E-state index in [1.54, 1.807) is 0 Å². The lowest BCUT2D eigenvalue weighted by atomic mass is 9.48. The Morgan fingerprint density at radius 1 is 1.00 bits per heavy atom. The largest absolute Gasteiger partial charge is 0.393 e. The normalized spacial score (nSPS) is 60.2. The molecule has 1 unspecified atom stereocenters. The number of ketones is 1. The monoisotopic (exact) mass is 316 g/mol. The van der Waals surface area contributed by atoms with Crippen molar-refractivity contribution in [1.82, 2.24) is 0 Å². The quantitative estimate of drug-likeness (QED) is 0.787. The lowest BCUT2D eigenvalue weighted by Gasteiger charge is -2.57. The van der Waals surface area contributed by atoms with E-state index in [4.69, 9.17) is 0 Å². The minimum Gasteiger partial charge on any atom is -0.393 e. The smallest absolute Gasteiger partial charge is 0.136 e. The van der Waals surface area contributed by atoms with Crippen LogP contribution in [0.5, 0.6) is 0 Å². The molecule has 0 aliphatic heterocycles. The number of hydrogen-bond acceptors (Lipinski definition) is 2. The van der Waals surface area contributed by atoms with Crippen molar-refractivity contribution in [3.8, 4) is 0 Å². The van der Waals surface area contributed by atoms with E-state index in [9.17, 15) is 9.90 Å². The molecule has 0 spiro atoms. The van der Waals surface area contributed by atoms with Crippen LogP contribution in [0.25, 0.3) is 0 Å². The van der Waals surface area contributed by atoms with Crippen molar-refractivity contribution in [2.24, 2.45) is 46.3 Å². The van der Waals surface area contributed by atoms with Crippen molar-refractivity contribution >= 4 is 5.78 Å². The van der Waals surface area contributed by atoms with Gasteiger partial charge in [-0.2, -0.15) is 0 Å². The average molecular weight is 316 g/mol. The van der Waals surface area contributed by atoms with E-state index < -0.39 is 0 Å². The van der Waals surface area contributed by atoms with Gasteiger partial charge in [0.15, 0.2) is 0 Å². The molecule has 0 amide bonds. The third-order valence-electron chi connectivity index (χ3n) is 9.61. The first-order valence-corrected chi connectivity index (χ1v) is 10.2. The summed E-state index contributed by atoms with van der Waals surface area (Å²) in [6.07, 6.45) is 11.2. The van der Waals surface area contributed by atoms with E-state index in [1.165, 1.54) is 44.9 Å². The molecule has 128 valence electrons. The number of hydrogen-bond donors (Lipinski definition) is 1. The van der Waals surface area contributed by atoms with Gasteiger partial charge in [-0.25, -0.2) is 0 Å². The molecule has 5 saturated carbocycles. The molecule has 0 aromatic heterocycles. The third kappa shape index (κ3) is 1.72. The first-order valence-electron chi connectivity index (χ1n) is 10.2. The molecule has 23 heavy (non-hydrogen) atoms. The van der Waals surface area contributed by atoms with Crippen LogP contribution in [0.3, 0.4) is 0 Å². The Hall–Kier alpha value is -0.370. The zero-order valence-electron chi connectivity index (χ0n) is 14.8. The van der Waals surface area contributed by atoms with E-state index in [2.05, 4.69) is 6.92 Å². The summed E-state index contributed by atoms with van der Waals surface area (Å²) in [5.41, 5.74) is 0.397. The standard InChI is InChI=1S/C21H32O2/c1-12(22)21-11-14(21)10-19-18-5-3-13-9-15(23)4-6-16(13)17(18)7-8-20(19,21)2/h13-19,23H,3-11H2,1-2H3/t13-,14?,15-,16-,17+,18+,19-,20-,21-/m0/s1. The van der Waals surface area contributed by atoms with Crippen LogP contribution in [0.2, 0.25) is 0 Å². The molecule has 1 N–H and O–H groups in total. The van der Waals surface area contributed by atoms with Gasteiger partial charge in [0.2, 0.25) is 0 Å². The Bertz CT molecular complexity index is 542. The number of aliphatic hydroxyl groups excluding tert-OH is 1. The number of fused-ring (bicyclic) bond motifs is 7. The number of aliphatic hydroxyl groups is 1. The lowest BCUT2D eigenvalue weighted by molar-refractivity contribution is -0.134. The van der Waals surface area contributed by atoms with Crippen molar-refractivity contribution in [2.75, 3.05) is 0 Å². The number of carbonyl (C=O) groups excluding carboxylic acids is 1. The van der Waals surface area contributed by atoms with E-state index >= 15 is 0 Å². The summed E-state index contributed by atoms with van der Waals surface area (Å²) in [6.45, 7) is 4.36. The summed E-state index contributed by atoms with van der Waals surface area (Å²) in [4.78, 5) is 12.5. The Balaban J connectivity index is 1.43. The number of Topliss-reactive ketones (excluding diaryl/α,β-unsaturated/α-hetero) is 1. The van der Waals surface area contributed by atoms with Crippen molar-refractivity contribution in [3.63, 3.8) is 0 Å². The van der Waals surface area contributed by atoms with Crippen LogP contribution in [0.15, 0.2) is 0 Å². The van der Waals surface area contributed by atoms with Gasteiger partial charge in [-0.05, 0) is 106 Å². The molecule has 0 bridgehead atoms. The fraction of sp³-hybridized carbons (Fsp3) is 0.952. The molecule has 2 nitrogen and oxygen atoms in total. The summed E-state index contributed by atoms with van der Waals surface area (Å²) < 4.78 is 0. The van der Waals surface area contributed by atoms with Crippen molar-refractivity contribution in [3.05, 3.63) is 0 Å². The molecule has 9 atom stereocenters. The van der Waals surface area contributed by atoms with E-state index in [1.807, 2.05) is 6.92 Å². The van der Waals surface area contributed by atoms with Gasteiger partial charge in [0.1, 0.15) is 5.78 Å². The van der Waals surface area contributed by atoms with Crippen LogP contribution in [-0.2, 0) is 4.79 Å². The molecule has 5 fully saturated rings. The van der Waals surface area contributed by atoms with Gasteiger partial charge >= 0.3 is 0 Å². The Morgan fingerprint density at radius 2 is 1.78 bits per heavy atom. The highest BCUT2D eigenvalue weighted by molar-refractivity contribution is 5.87. The van der Waals surface area contributed by atoms with Crippen LogP contribution in [0.1, 0.15) is 71.6 Å². The third-order valence-corrected chi connectivity index (χ3v) is 9.61. The van der Waals surface area contributed by atoms with Crippen molar-refractivity contribution < 1.29 is 9.90 Å². The molecular weight excluding hydrogens is 284 g/mol. The molecule has 5 aliphatic carbocycles. The minimum absolute atomic E-state index is 0.0261. The molecule has 5 aliphatic rings. The topological polar surface area (TPSA) is 37.3 Å². The molecule has 0 saturated heterocycles. The number of carbonyl (C=O) groups is 1. The van der Waals surface area contributed by atoms with Gasteiger partial charge in [0, 0.05) is 5.41 Å². The molecule has 0 aromatic rings. The molecular formula is C21H32O2. The Labute approximate surface area is 140 Å². The van der Waals surface area contributed by atoms with Gasteiger partial charge < -0.3 is 5.11 Å². The number of rotatable bonds is 1. The fourth-order valence-corrected chi connectivity index (χ4v) is 8.59. The van der Waals surface area contributed by atoms with Gasteiger partial charge in [-0.1, -0.05) is 6.92 Å². The molecule has 0 heterocycles. The van der Waals surface area contributed by atoms with Gasteiger partial charge in [-0.3, -0.25) is 4.79 Å². The first kappa shape index (κ1) is 14.9. The predicted molar refractivity (Wildman–Crippen MR) is 89.7 cm³/mol. The summed E-state index contributed by atoms with van der Waals surface area (Å²) in [6, 6.07) is 0. The summed E-state index contributed by atoms with van der Waals surface area (Å²) in [5.74, 6) is 5.50. The maximum Gasteiger partial charge on any atom is 0.136 e. The highest BCUT2D eigenvalue weighted by Crippen LogP contribution is 2.79. The van der Waals surface area contributed by atoms with Crippen molar-refractivity contribution in [2.45, 2.75) is 77.7 Å². The van der Waals surface area contributed by atoms with Crippen LogP contribution in [0.4, 0.5) is 0 Å². The highest BCUT2D eigenvalue weighted by atomic mass is 16.3. The van der Waals surface area contributed by atoms with Gasteiger partial charge in [0.25, 0.3) is 0 Å². The van der Waals surface area contributed by atoms with Crippen molar-refractivity contribution in [1.29, 1.82) is 0 Å². The zero-order chi connectivity index (χ0) is 16.0. The molecule has 2 heteroatoms. The van der Waals surface area contributed by atoms with Gasteiger partial charge in [-0.15, -0.1) is 0 Å². The molecule has 0 radical (unpaired) electrons. The average Bonchev–Trinajstić information content (AvgIpc) is 3.20. The van der Waals surface area contributed by atoms with Crippen LogP contribution < -0.4 is 0 Å². The summed E-state index contributed by atoms with van der Waals surface area (Å²) >= 11 is 0. The van der Waals surface area contributed by atoms with Crippen LogP contribution in [0, 0.1) is 46.3 Å².